The number of carbonyl (C=O) groups is 1. The highest BCUT2D eigenvalue weighted by Crippen LogP contribution is 2.20. The van der Waals surface area contributed by atoms with Crippen LogP contribution in [0.15, 0.2) is 30.3 Å². The van der Waals surface area contributed by atoms with E-state index in [1.54, 1.807) is 18.2 Å². The summed E-state index contributed by atoms with van der Waals surface area (Å²) in [7, 11) is 0. The third-order valence-corrected chi connectivity index (χ3v) is 4.89. The molecule has 2 heterocycles. The molecule has 26 heavy (non-hydrogen) atoms. The molecular weight excluding hydrogens is 373 g/mol. The van der Waals surface area contributed by atoms with E-state index in [0.29, 0.717) is 34.5 Å². The van der Waals surface area contributed by atoms with Crippen molar-refractivity contribution in [3.05, 3.63) is 57.5 Å². The fraction of sp³-hybridized carbons (Fsp3) is 0.278. The highest BCUT2D eigenvalue weighted by atomic mass is 35.5. The second kappa shape index (κ2) is 7.93. The van der Waals surface area contributed by atoms with E-state index in [1.807, 2.05) is 30.7 Å². The molecule has 0 aliphatic rings. The van der Waals surface area contributed by atoms with Gasteiger partial charge in [0.25, 0.3) is 5.91 Å². The van der Waals surface area contributed by atoms with Crippen LogP contribution in [0.1, 0.15) is 28.3 Å². The standard InChI is InChI=1S/C18H19Cl2N5O/c1-11-17(20)12(2)25(24-11)9-3-8-21-18(26)16-10-15(22-23-16)13-4-6-14(19)7-5-13/h4-7,10H,3,8-9H2,1-2H3,(H,21,26)(H,22,23). The predicted molar refractivity (Wildman–Crippen MR) is 103 cm³/mol. The van der Waals surface area contributed by atoms with Crippen molar-refractivity contribution >= 4 is 29.1 Å². The Morgan fingerprint density at radius 2 is 1.96 bits per heavy atom. The molecule has 0 saturated carbocycles. The Labute approximate surface area is 161 Å². The molecule has 8 heteroatoms. The summed E-state index contributed by atoms with van der Waals surface area (Å²) in [5.74, 6) is -0.191. The van der Waals surface area contributed by atoms with Crippen molar-refractivity contribution in [1.29, 1.82) is 0 Å². The van der Waals surface area contributed by atoms with Gasteiger partial charge in [0.2, 0.25) is 0 Å². The number of aryl methyl sites for hydroxylation is 2. The van der Waals surface area contributed by atoms with Crippen LogP contribution in [0.5, 0.6) is 0 Å². The van der Waals surface area contributed by atoms with Gasteiger partial charge >= 0.3 is 0 Å². The number of hydrogen-bond donors (Lipinski definition) is 2. The van der Waals surface area contributed by atoms with Crippen molar-refractivity contribution in [2.45, 2.75) is 26.8 Å². The van der Waals surface area contributed by atoms with Gasteiger partial charge in [-0.3, -0.25) is 14.6 Å². The number of rotatable bonds is 6. The van der Waals surface area contributed by atoms with Gasteiger partial charge in [0.1, 0.15) is 5.69 Å². The van der Waals surface area contributed by atoms with Gasteiger partial charge in [-0.25, -0.2) is 0 Å². The minimum Gasteiger partial charge on any atom is -0.351 e. The maximum atomic E-state index is 12.2. The molecular formula is C18H19Cl2N5O. The third kappa shape index (κ3) is 4.08. The molecule has 2 N–H and O–H groups in total. The normalized spacial score (nSPS) is 10.9. The highest BCUT2D eigenvalue weighted by molar-refractivity contribution is 6.31. The van der Waals surface area contributed by atoms with Crippen LogP contribution in [0.4, 0.5) is 0 Å². The minimum absolute atomic E-state index is 0.191. The number of carbonyl (C=O) groups excluding carboxylic acids is 1. The molecule has 0 bridgehead atoms. The van der Waals surface area contributed by atoms with Gasteiger partial charge < -0.3 is 5.32 Å². The lowest BCUT2D eigenvalue weighted by Gasteiger charge is -2.05. The molecule has 0 atom stereocenters. The first-order valence-electron chi connectivity index (χ1n) is 8.25. The molecule has 3 aromatic rings. The Balaban J connectivity index is 1.52. The Hall–Kier alpha value is -2.31. The lowest BCUT2D eigenvalue weighted by atomic mass is 10.1. The fourth-order valence-corrected chi connectivity index (χ4v) is 2.89. The molecule has 1 aromatic carbocycles. The molecule has 0 unspecified atom stereocenters. The number of H-pyrrole nitrogens is 1. The Morgan fingerprint density at radius 3 is 2.62 bits per heavy atom. The first kappa shape index (κ1) is 18.5. The van der Waals surface area contributed by atoms with E-state index in [1.165, 1.54) is 0 Å². The molecule has 136 valence electrons. The van der Waals surface area contributed by atoms with Crippen molar-refractivity contribution in [2.24, 2.45) is 0 Å². The number of aromatic amines is 1. The molecule has 1 amide bonds. The summed E-state index contributed by atoms with van der Waals surface area (Å²) < 4.78 is 1.86. The van der Waals surface area contributed by atoms with E-state index in [4.69, 9.17) is 23.2 Å². The predicted octanol–water partition coefficient (Wildman–Crippen LogP) is 4.02. The average molecular weight is 392 g/mol. The van der Waals surface area contributed by atoms with Crippen LogP contribution in [-0.4, -0.2) is 32.4 Å². The van der Waals surface area contributed by atoms with Crippen LogP contribution in [0.2, 0.25) is 10.0 Å². The van der Waals surface area contributed by atoms with E-state index in [-0.39, 0.29) is 5.91 Å². The van der Waals surface area contributed by atoms with Crippen molar-refractivity contribution in [2.75, 3.05) is 6.54 Å². The highest BCUT2D eigenvalue weighted by Gasteiger charge is 2.12. The topological polar surface area (TPSA) is 75.6 Å². The third-order valence-electron chi connectivity index (χ3n) is 4.09. The second-order valence-electron chi connectivity index (χ2n) is 5.99. The molecule has 3 rings (SSSR count). The van der Waals surface area contributed by atoms with Crippen LogP contribution < -0.4 is 5.32 Å². The zero-order valence-electron chi connectivity index (χ0n) is 14.5. The lowest BCUT2D eigenvalue weighted by molar-refractivity contribution is 0.0947. The summed E-state index contributed by atoms with van der Waals surface area (Å²) in [4.78, 5) is 12.2. The van der Waals surface area contributed by atoms with Crippen molar-refractivity contribution in [3.63, 3.8) is 0 Å². The van der Waals surface area contributed by atoms with E-state index < -0.39 is 0 Å². The molecule has 0 spiro atoms. The van der Waals surface area contributed by atoms with Crippen LogP contribution in [-0.2, 0) is 6.54 Å². The number of aromatic nitrogens is 4. The van der Waals surface area contributed by atoms with Crippen LogP contribution >= 0.6 is 23.2 Å². The lowest BCUT2D eigenvalue weighted by Crippen LogP contribution is -2.25. The van der Waals surface area contributed by atoms with Gasteiger partial charge in [-0.05, 0) is 38.5 Å². The number of nitrogens with zero attached hydrogens (tertiary/aromatic N) is 3. The van der Waals surface area contributed by atoms with Crippen LogP contribution in [0.25, 0.3) is 11.3 Å². The molecule has 6 nitrogen and oxygen atoms in total. The number of benzene rings is 1. The van der Waals surface area contributed by atoms with Gasteiger partial charge in [0, 0.05) is 23.7 Å². The van der Waals surface area contributed by atoms with Crippen molar-refractivity contribution in [1.82, 2.24) is 25.3 Å². The molecule has 0 fully saturated rings. The molecule has 0 saturated heterocycles. The van der Waals surface area contributed by atoms with E-state index in [2.05, 4.69) is 20.6 Å². The van der Waals surface area contributed by atoms with Gasteiger partial charge in [0.05, 0.1) is 22.1 Å². The molecule has 2 aromatic heterocycles. The summed E-state index contributed by atoms with van der Waals surface area (Å²) >= 11 is 12.0. The second-order valence-corrected chi connectivity index (χ2v) is 6.81. The van der Waals surface area contributed by atoms with Crippen molar-refractivity contribution in [3.8, 4) is 11.3 Å². The quantitative estimate of drug-likeness (QED) is 0.623. The number of halogens is 2. The number of amides is 1. The Bertz CT molecular complexity index is 914. The van der Waals surface area contributed by atoms with Crippen LogP contribution in [0, 0.1) is 13.8 Å². The Morgan fingerprint density at radius 1 is 1.23 bits per heavy atom. The fourth-order valence-electron chi connectivity index (χ4n) is 2.63. The average Bonchev–Trinajstić information content (AvgIpc) is 3.21. The first-order valence-corrected chi connectivity index (χ1v) is 9.00. The summed E-state index contributed by atoms with van der Waals surface area (Å²) in [6, 6.07) is 9.02. The SMILES string of the molecule is Cc1nn(CCCNC(=O)c2cc(-c3ccc(Cl)cc3)n[nH]2)c(C)c1Cl. The largest absolute Gasteiger partial charge is 0.351 e. The van der Waals surface area contributed by atoms with Gasteiger partial charge in [0.15, 0.2) is 0 Å². The van der Waals surface area contributed by atoms with Gasteiger partial charge in [-0.15, -0.1) is 0 Å². The summed E-state index contributed by atoms with van der Waals surface area (Å²) in [6.07, 6.45) is 0.752. The molecule has 0 radical (unpaired) electrons. The first-order chi connectivity index (χ1) is 12.5. The number of hydrogen-bond acceptors (Lipinski definition) is 3. The van der Waals surface area contributed by atoms with Gasteiger partial charge in [-0.2, -0.15) is 10.2 Å². The zero-order valence-corrected chi connectivity index (χ0v) is 16.0. The van der Waals surface area contributed by atoms with E-state index in [9.17, 15) is 4.79 Å². The van der Waals surface area contributed by atoms with Gasteiger partial charge in [-0.1, -0.05) is 35.3 Å². The molecule has 0 aliphatic heterocycles. The molecule has 0 aliphatic carbocycles. The summed E-state index contributed by atoms with van der Waals surface area (Å²) in [5.41, 5.74) is 3.77. The maximum absolute atomic E-state index is 12.2. The zero-order chi connectivity index (χ0) is 18.7. The van der Waals surface area contributed by atoms with Crippen LogP contribution in [0.3, 0.4) is 0 Å². The maximum Gasteiger partial charge on any atom is 0.269 e. The number of nitrogens with one attached hydrogen (secondary N) is 2. The minimum atomic E-state index is -0.191. The van der Waals surface area contributed by atoms with E-state index in [0.717, 1.165) is 23.4 Å². The smallest absolute Gasteiger partial charge is 0.269 e. The summed E-state index contributed by atoms with van der Waals surface area (Å²) in [6.45, 7) is 5.04. The van der Waals surface area contributed by atoms with E-state index >= 15 is 0 Å². The monoisotopic (exact) mass is 391 g/mol. The van der Waals surface area contributed by atoms with Crippen molar-refractivity contribution < 1.29 is 4.79 Å². The summed E-state index contributed by atoms with van der Waals surface area (Å²) in [5, 5.41) is 15.6. The Kier molecular flexibility index (Phi) is 5.64.